The summed E-state index contributed by atoms with van der Waals surface area (Å²) in [5, 5.41) is 5.40. The number of urea groups is 1. The molecular weight excluding hydrogens is 334 g/mol. The van der Waals surface area contributed by atoms with E-state index in [-0.39, 0.29) is 12.5 Å². The fourth-order valence-electron chi connectivity index (χ4n) is 2.83. The molecule has 2 N–H and O–H groups in total. The van der Waals surface area contributed by atoms with Crippen molar-refractivity contribution in [3.8, 4) is 0 Å². The van der Waals surface area contributed by atoms with E-state index < -0.39 is 18.0 Å². The van der Waals surface area contributed by atoms with Crippen molar-refractivity contribution in [2.75, 3.05) is 23.9 Å². The maximum atomic E-state index is 12.8. The van der Waals surface area contributed by atoms with E-state index >= 15 is 0 Å². The van der Waals surface area contributed by atoms with Gasteiger partial charge in [0, 0.05) is 6.42 Å². The van der Waals surface area contributed by atoms with E-state index in [2.05, 4.69) is 10.6 Å². The van der Waals surface area contributed by atoms with Gasteiger partial charge < -0.3 is 15.4 Å². The summed E-state index contributed by atoms with van der Waals surface area (Å²) in [4.78, 5) is 38.1. The summed E-state index contributed by atoms with van der Waals surface area (Å²) in [7, 11) is 1.27. The number of para-hydroxylation sites is 2. The number of esters is 1. The molecule has 1 atom stereocenters. The van der Waals surface area contributed by atoms with Crippen molar-refractivity contribution in [1.82, 2.24) is 5.32 Å². The van der Waals surface area contributed by atoms with Crippen molar-refractivity contribution in [3.05, 3.63) is 60.2 Å². The molecule has 0 saturated heterocycles. The number of amides is 3. The molecule has 1 heterocycles. The molecule has 0 unspecified atom stereocenters. The fraction of sp³-hybridized carbons (Fsp3) is 0.211. The molecule has 0 saturated carbocycles. The monoisotopic (exact) mass is 353 g/mol. The zero-order valence-corrected chi connectivity index (χ0v) is 14.3. The normalized spacial score (nSPS) is 14.0. The minimum atomic E-state index is -0.855. The summed E-state index contributed by atoms with van der Waals surface area (Å²) < 4.78 is 4.81. The number of anilines is 2. The Hall–Kier alpha value is -3.35. The lowest BCUT2D eigenvalue weighted by atomic mass is 10.1. The fourth-order valence-corrected chi connectivity index (χ4v) is 2.83. The summed E-state index contributed by atoms with van der Waals surface area (Å²) in [6, 6.07) is 14.9. The first-order valence-corrected chi connectivity index (χ1v) is 8.17. The highest BCUT2D eigenvalue weighted by Crippen LogP contribution is 2.28. The van der Waals surface area contributed by atoms with E-state index in [1.54, 1.807) is 24.3 Å². The van der Waals surface area contributed by atoms with Crippen LogP contribution < -0.4 is 15.5 Å². The zero-order chi connectivity index (χ0) is 18.5. The lowest BCUT2D eigenvalue weighted by Gasteiger charge is -2.30. The quantitative estimate of drug-likeness (QED) is 0.823. The van der Waals surface area contributed by atoms with Crippen molar-refractivity contribution >= 4 is 29.3 Å². The summed E-state index contributed by atoms with van der Waals surface area (Å²) in [6.07, 6.45) is 0.293. The summed E-state index contributed by atoms with van der Waals surface area (Å²) in [5.41, 5.74) is 2.02. The van der Waals surface area contributed by atoms with E-state index in [0.29, 0.717) is 17.8 Å². The first-order valence-electron chi connectivity index (χ1n) is 8.17. The maximum absolute atomic E-state index is 12.8. The van der Waals surface area contributed by atoms with E-state index in [0.717, 1.165) is 5.56 Å². The maximum Gasteiger partial charge on any atom is 0.328 e. The molecule has 0 spiro atoms. The van der Waals surface area contributed by atoms with Gasteiger partial charge in [0.1, 0.15) is 12.6 Å². The number of methoxy groups -OCH3 is 1. The van der Waals surface area contributed by atoms with Crippen molar-refractivity contribution in [2.24, 2.45) is 0 Å². The molecule has 7 nitrogen and oxygen atoms in total. The van der Waals surface area contributed by atoms with Crippen molar-refractivity contribution in [3.63, 3.8) is 0 Å². The van der Waals surface area contributed by atoms with Gasteiger partial charge in [0.25, 0.3) is 0 Å². The van der Waals surface area contributed by atoms with Crippen LogP contribution in [0.5, 0.6) is 0 Å². The van der Waals surface area contributed by atoms with Gasteiger partial charge >= 0.3 is 12.0 Å². The minimum absolute atomic E-state index is 0.123. The first-order chi connectivity index (χ1) is 12.6. The van der Waals surface area contributed by atoms with E-state index in [1.165, 1.54) is 12.0 Å². The third-order valence-electron chi connectivity index (χ3n) is 4.08. The van der Waals surface area contributed by atoms with Crippen LogP contribution in [0.15, 0.2) is 54.6 Å². The highest BCUT2D eigenvalue weighted by Gasteiger charge is 2.30. The molecule has 0 radical (unpaired) electrons. The number of ether oxygens (including phenoxy) is 1. The molecular formula is C19H19N3O4. The third-order valence-corrected chi connectivity index (χ3v) is 4.08. The number of nitrogens with zero attached hydrogens (tertiary/aromatic N) is 1. The standard InChI is InChI=1S/C19H19N3O4/c1-26-18(24)15(11-13-7-3-2-4-8-13)21-19(25)22-12-17(23)20-14-9-5-6-10-16(14)22/h2-10,15H,11-12H2,1H3,(H,20,23)(H,21,25)/t15-/m0/s1. The van der Waals surface area contributed by atoms with Gasteiger partial charge in [0.05, 0.1) is 18.5 Å². The lowest BCUT2D eigenvalue weighted by molar-refractivity contribution is -0.142. The SMILES string of the molecule is COC(=O)[C@H](Cc1ccccc1)NC(=O)N1CC(=O)Nc2ccccc21. The Bertz CT molecular complexity index is 823. The van der Waals surface area contributed by atoms with Crippen LogP contribution in [0.2, 0.25) is 0 Å². The Labute approximate surface area is 150 Å². The molecule has 134 valence electrons. The van der Waals surface area contributed by atoms with Crippen LogP contribution >= 0.6 is 0 Å². The predicted octanol–water partition coefficient (Wildman–Crippen LogP) is 1.94. The molecule has 0 aromatic heterocycles. The molecule has 26 heavy (non-hydrogen) atoms. The van der Waals surface area contributed by atoms with E-state index in [4.69, 9.17) is 4.74 Å². The number of hydrogen-bond acceptors (Lipinski definition) is 4. The number of carbonyl (C=O) groups is 3. The number of nitrogens with one attached hydrogen (secondary N) is 2. The van der Waals surface area contributed by atoms with Crippen molar-refractivity contribution in [1.29, 1.82) is 0 Å². The zero-order valence-electron chi connectivity index (χ0n) is 14.3. The molecule has 0 fully saturated rings. The Morgan fingerprint density at radius 2 is 1.85 bits per heavy atom. The Balaban J connectivity index is 1.79. The number of hydrogen-bond donors (Lipinski definition) is 2. The second-order valence-electron chi connectivity index (χ2n) is 5.87. The molecule has 1 aliphatic heterocycles. The van der Waals surface area contributed by atoms with E-state index in [1.807, 2.05) is 30.3 Å². The lowest BCUT2D eigenvalue weighted by Crippen LogP contribution is -2.52. The van der Waals surface area contributed by atoms with Gasteiger partial charge in [-0.2, -0.15) is 0 Å². The first kappa shape index (κ1) is 17.5. The smallest absolute Gasteiger partial charge is 0.328 e. The molecule has 3 rings (SSSR count). The average Bonchev–Trinajstić information content (AvgIpc) is 2.66. The van der Waals surface area contributed by atoms with Gasteiger partial charge in [0.2, 0.25) is 5.91 Å². The van der Waals surface area contributed by atoms with Crippen LogP contribution in [-0.2, 0) is 20.7 Å². The van der Waals surface area contributed by atoms with Gasteiger partial charge in [0.15, 0.2) is 0 Å². The van der Waals surface area contributed by atoms with Crippen LogP contribution in [0.25, 0.3) is 0 Å². The molecule has 0 aliphatic carbocycles. The molecule has 1 aliphatic rings. The average molecular weight is 353 g/mol. The third kappa shape index (κ3) is 3.83. The molecule has 2 aromatic carbocycles. The minimum Gasteiger partial charge on any atom is -0.467 e. The van der Waals surface area contributed by atoms with Crippen molar-refractivity contribution < 1.29 is 19.1 Å². The largest absolute Gasteiger partial charge is 0.467 e. The van der Waals surface area contributed by atoms with Crippen molar-refractivity contribution in [2.45, 2.75) is 12.5 Å². The summed E-state index contributed by atoms with van der Waals surface area (Å²) >= 11 is 0. The van der Waals surface area contributed by atoms with Gasteiger partial charge in [-0.25, -0.2) is 9.59 Å². The van der Waals surface area contributed by atoms with Gasteiger partial charge in [-0.05, 0) is 17.7 Å². The highest BCUT2D eigenvalue weighted by molar-refractivity contribution is 6.09. The number of benzene rings is 2. The molecule has 2 aromatic rings. The van der Waals surface area contributed by atoms with Crippen LogP contribution in [0.1, 0.15) is 5.56 Å². The van der Waals surface area contributed by atoms with Crippen LogP contribution in [0.4, 0.5) is 16.2 Å². The number of carbonyl (C=O) groups excluding carboxylic acids is 3. The second kappa shape index (κ2) is 7.69. The van der Waals surface area contributed by atoms with Gasteiger partial charge in [-0.1, -0.05) is 42.5 Å². The van der Waals surface area contributed by atoms with E-state index in [9.17, 15) is 14.4 Å². The van der Waals surface area contributed by atoms with Crippen LogP contribution in [-0.4, -0.2) is 37.6 Å². The number of rotatable bonds is 4. The van der Waals surface area contributed by atoms with Gasteiger partial charge in [-0.15, -0.1) is 0 Å². The predicted molar refractivity (Wildman–Crippen MR) is 96.9 cm³/mol. The topological polar surface area (TPSA) is 87.7 Å². The Morgan fingerprint density at radius 1 is 1.15 bits per heavy atom. The number of fused-ring (bicyclic) bond motifs is 1. The Morgan fingerprint density at radius 3 is 2.58 bits per heavy atom. The Kier molecular flexibility index (Phi) is 5.17. The molecule has 0 bridgehead atoms. The van der Waals surface area contributed by atoms with Gasteiger partial charge in [-0.3, -0.25) is 9.69 Å². The second-order valence-corrected chi connectivity index (χ2v) is 5.87. The molecule has 7 heteroatoms. The highest BCUT2D eigenvalue weighted by atomic mass is 16.5. The van der Waals surface area contributed by atoms with Crippen LogP contribution in [0.3, 0.4) is 0 Å². The molecule has 3 amide bonds. The summed E-state index contributed by atoms with van der Waals surface area (Å²) in [6.45, 7) is -0.123. The van der Waals surface area contributed by atoms with Crippen LogP contribution in [0, 0.1) is 0 Å². The summed E-state index contributed by atoms with van der Waals surface area (Å²) in [5.74, 6) is -0.839.